The molecule has 0 bridgehead atoms. The number of ether oxygens (including phenoxy) is 1. The third-order valence-corrected chi connectivity index (χ3v) is 4.59. The normalized spacial score (nSPS) is 17.6. The number of amidine groups is 1. The van der Waals surface area contributed by atoms with E-state index in [1.165, 1.54) is 11.8 Å². The highest BCUT2D eigenvalue weighted by atomic mass is 32.2. The highest BCUT2D eigenvalue weighted by Crippen LogP contribution is 2.34. The van der Waals surface area contributed by atoms with Gasteiger partial charge in [-0.1, -0.05) is 30.3 Å². The van der Waals surface area contributed by atoms with Crippen molar-refractivity contribution in [2.45, 2.75) is 0 Å². The predicted molar refractivity (Wildman–Crippen MR) is 101 cm³/mol. The standard InChI is InChI=1S/C19H18N2O3S/c1-24-12-11-21-18(23)17(13-14-7-9-16(22)10-8-14)25-19(21)20-15-5-3-2-4-6-15/h2-10,13,22H,11-12H2,1H3. The Balaban J connectivity index is 1.90. The van der Waals surface area contributed by atoms with E-state index in [2.05, 4.69) is 4.99 Å². The molecule has 1 heterocycles. The Morgan fingerprint density at radius 1 is 1.16 bits per heavy atom. The first kappa shape index (κ1) is 17.3. The predicted octanol–water partition coefficient (Wildman–Crippen LogP) is 3.64. The van der Waals surface area contributed by atoms with Crippen LogP contribution in [0.4, 0.5) is 5.69 Å². The number of hydrogen-bond donors (Lipinski definition) is 1. The molecule has 2 aromatic rings. The van der Waals surface area contributed by atoms with E-state index in [-0.39, 0.29) is 11.7 Å². The average Bonchev–Trinajstić information content (AvgIpc) is 2.91. The zero-order chi connectivity index (χ0) is 17.6. The minimum atomic E-state index is -0.0928. The number of benzene rings is 2. The van der Waals surface area contributed by atoms with Gasteiger partial charge in [0.05, 0.1) is 23.7 Å². The van der Waals surface area contributed by atoms with E-state index in [1.54, 1.807) is 42.4 Å². The van der Waals surface area contributed by atoms with Crippen molar-refractivity contribution in [1.29, 1.82) is 0 Å². The summed E-state index contributed by atoms with van der Waals surface area (Å²) in [6.07, 6.45) is 1.81. The topological polar surface area (TPSA) is 62.1 Å². The molecule has 0 aromatic heterocycles. The summed E-state index contributed by atoms with van der Waals surface area (Å²) < 4.78 is 5.11. The van der Waals surface area contributed by atoms with E-state index in [9.17, 15) is 9.90 Å². The second-order valence-electron chi connectivity index (χ2n) is 5.38. The van der Waals surface area contributed by atoms with Gasteiger partial charge in [0, 0.05) is 7.11 Å². The molecule has 5 nitrogen and oxygen atoms in total. The van der Waals surface area contributed by atoms with E-state index in [1.807, 2.05) is 30.3 Å². The molecule has 1 N–H and O–H groups in total. The molecule has 1 fully saturated rings. The van der Waals surface area contributed by atoms with Gasteiger partial charge in [-0.15, -0.1) is 0 Å². The molecule has 1 amide bonds. The molecule has 1 aliphatic rings. The van der Waals surface area contributed by atoms with Crippen molar-refractivity contribution < 1.29 is 14.6 Å². The van der Waals surface area contributed by atoms with Gasteiger partial charge in [0.1, 0.15) is 5.75 Å². The van der Waals surface area contributed by atoms with Gasteiger partial charge in [0.15, 0.2) is 5.17 Å². The zero-order valence-electron chi connectivity index (χ0n) is 13.8. The van der Waals surface area contributed by atoms with E-state index < -0.39 is 0 Å². The first-order valence-electron chi connectivity index (χ1n) is 7.80. The van der Waals surface area contributed by atoms with Gasteiger partial charge >= 0.3 is 0 Å². The summed E-state index contributed by atoms with van der Waals surface area (Å²) in [5, 5.41) is 10.0. The fourth-order valence-corrected chi connectivity index (χ4v) is 3.33. The largest absolute Gasteiger partial charge is 0.508 e. The number of carbonyl (C=O) groups is 1. The molecule has 2 aromatic carbocycles. The maximum atomic E-state index is 12.7. The number of nitrogens with zero attached hydrogens (tertiary/aromatic N) is 2. The molecular formula is C19H18N2O3S. The average molecular weight is 354 g/mol. The number of thioether (sulfide) groups is 1. The summed E-state index contributed by atoms with van der Waals surface area (Å²) in [6.45, 7) is 0.882. The fraction of sp³-hybridized carbons (Fsp3) is 0.158. The third-order valence-electron chi connectivity index (χ3n) is 3.58. The molecule has 3 rings (SSSR count). The van der Waals surface area contributed by atoms with Crippen LogP contribution in [0.25, 0.3) is 6.08 Å². The molecule has 0 unspecified atom stereocenters. The number of phenolic OH excluding ortho intramolecular Hbond substituents is 1. The maximum Gasteiger partial charge on any atom is 0.266 e. The van der Waals surface area contributed by atoms with Crippen molar-refractivity contribution >= 4 is 34.6 Å². The number of amides is 1. The number of hydrogen-bond acceptors (Lipinski definition) is 5. The highest BCUT2D eigenvalue weighted by Gasteiger charge is 2.33. The van der Waals surface area contributed by atoms with Gasteiger partial charge in [0.25, 0.3) is 5.91 Å². The molecule has 6 heteroatoms. The maximum absolute atomic E-state index is 12.7. The van der Waals surface area contributed by atoms with E-state index >= 15 is 0 Å². The van der Waals surface area contributed by atoms with Crippen molar-refractivity contribution in [2.24, 2.45) is 4.99 Å². The van der Waals surface area contributed by atoms with E-state index in [0.29, 0.717) is 23.2 Å². The molecule has 128 valence electrons. The minimum Gasteiger partial charge on any atom is -0.508 e. The molecule has 1 saturated heterocycles. The highest BCUT2D eigenvalue weighted by molar-refractivity contribution is 8.18. The van der Waals surface area contributed by atoms with Crippen LogP contribution in [-0.4, -0.2) is 41.3 Å². The Morgan fingerprint density at radius 3 is 2.56 bits per heavy atom. The summed E-state index contributed by atoms with van der Waals surface area (Å²) >= 11 is 1.34. The van der Waals surface area contributed by atoms with Crippen molar-refractivity contribution in [1.82, 2.24) is 4.90 Å². The lowest BCUT2D eigenvalue weighted by Gasteiger charge is -2.14. The lowest BCUT2D eigenvalue weighted by atomic mass is 10.2. The van der Waals surface area contributed by atoms with Gasteiger partial charge in [-0.05, 0) is 47.7 Å². The molecule has 0 spiro atoms. The summed E-state index contributed by atoms with van der Waals surface area (Å²) in [7, 11) is 1.61. The first-order valence-corrected chi connectivity index (χ1v) is 8.62. The second-order valence-corrected chi connectivity index (χ2v) is 6.39. The number of carbonyl (C=O) groups excluding carboxylic acids is 1. The molecule has 0 saturated carbocycles. The van der Waals surface area contributed by atoms with Crippen molar-refractivity contribution in [3.8, 4) is 5.75 Å². The number of aromatic hydroxyl groups is 1. The number of aliphatic imine (C=N–C) groups is 1. The van der Waals surface area contributed by atoms with Crippen LogP contribution in [-0.2, 0) is 9.53 Å². The van der Waals surface area contributed by atoms with Crippen LogP contribution < -0.4 is 0 Å². The fourth-order valence-electron chi connectivity index (χ4n) is 2.31. The lowest BCUT2D eigenvalue weighted by Crippen LogP contribution is -2.32. The van der Waals surface area contributed by atoms with Gasteiger partial charge in [-0.3, -0.25) is 9.69 Å². The van der Waals surface area contributed by atoms with E-state index in [4.69, 9.17) is 4.74 Å². The Morgan fingerprint density at radius 2 is 1.88 bits per heavy atom. The molecular weight excluding hydrogens is 336 g/mol. The number of methoxy groups -OCH3 is 1. The van der Waals surface area contributed by atoms with Crippen LogP contribution >= 0.6 is 11.8 Å². The molecule has 1 aliphatic heterocycles. The molecule has 0 atom stereocenters. The van der Waals surface area contributed by atoms with Crippen LogP contribution in [0.3, 0.4) is 0 Å². The summed E-state index contributed by atoms with van der Waals surface area (Å²) in [5.41, 5.74) is 1.65. The SMILES string of the molecule is COCCN1C(=O)C(=Cc2ccc(O)cc2)SC1=Nc1ccccc1. The molecule has 0 aliphatic carbocycles. The minimum absolute atomic E-state index is 0.0928. The van der Waals surface area contributed by atoms with Crippen LogP contribution in [0.2, 0.25) is 0 Å². The van der Waals surface area contributed by atoms with Gasteiger partial charge in [-0.2, -0.15) is 0 Å². The smallest absolute Gasteiger partial charge is 0.266 e. The second kappa shape index (κ2) is 8.00. The number of rotatable bonds is 5. The van der Waals surface area contributed by atoms with Gasteiger partial charge < -0.3 is 9.84 Å². The molecule has 0 radical (unpaired) electrons. The summed E-state index contributed by atoms with van der Waals surface area (Å²) in [6, 6.07) is 16.3. The third kappa shape index (κ3) is 4.29. The van der Waals surface area contributed by atoms with Crippen LogP contribution in [0, 0.1) is 0 Å². The molecule has 25 heavy (non-hydrogen) atoms. The van der Waals surface area contributed by atoms with Crippen LogP contribution in [0.15, 0.2) is 64.5 Å². The number of phenols is 1. The monoisotopic (exact) mass is 354 g/mol. The first-order chi connectivity index (χ1) is 12.2. The van der Waals surface area contributed by atoms with Crippen molar-refractivity contribution in [2.75, 3.05) is 20.3 Å². The quantitative estimate of drug-likeness (QED) is 0.833. The number of para-hydroxylation sites is 1. The Hall–Kier alpha value is -2.57. The van der Waals surface area contributed by atoms with Crippen LogP contribution in [0.1, 0.15) is 5.56 Å². The summed E-state index contributed by atoms with van der Waals surface area (Å²) in [5.74, 6) is 0.102. The Labute approximate surface area is 150 Å². The van der Waals surface area contributed by atoms with Crippen molar-refractivity contribution in [3.05, 3.63) is 65.1 Å². The van der Waals surface area contributed by atoms with E-state index in [0.717, 1.165) is 11.3 Å². The van der Waals surface area contributed by atoms with Crippen LogP contribution in [0.5, 0.6) is 5.75 Å². The van der Waals surface area contributed by atoms with Gasteiger partial charge in [-0.25, -0.2) is 4.99 Å². The summed E-state index contributed by atoms with van der Waals surface area (Å²) in [4.78, 5) is 19.6. The lowest BCUT2D eigenvalue weighted by molar-refractivity contribution is -0.122. The zero-order valence-corrected chi connectivity index (χ0v) is 14.6. The Kier molecular flexibility index (Phi) is 5.53. The Bertz CT molecular complexity index is 801. The van der Waals surface area contributed by atoms with Gasteiger partial charge in [0.2, 0.25) is 0 Å². The van der Waals surface area contributed by atoms with Crippen molar-refractivity contribution in [3.63, 3.8) is 0 Å².